The van der Waals surface area contributed by atoms with E-state index in [0.29, 0.717) is 24.2 Å². The smallest absolute Gasteiger partial charge is 0.124 e. The average Bonchev–Trinajstić information content (AvgIpc) is 2.76. The van der Waals surface area contributed by atoms with Crippen molar-refractivity contribution in [1.29, 1.82) is 10.5 Å². The van der Waals surface area contributed by atoms with Gasteiger partial charge in [0.05, 0.1) is 29.3 Å². The van der Waals surface area contributed by atoms with Crippen LogP contribution in [-0.2, 0) is 0 Å². The summed E-state index contributed by atoms with van der Waals surface area (Å²) in [6.07, 6.45) is 0. The van der Waals surface area contributed by atoms with Gasteiger partial charge in [0.1, 0.15) is 11.5 Å². The largest absolute Gasteiger partial charge is 0.292 e. The Balaban J connectivity index is 1.66. The summed E-state index contributed by atoms with van der Waals surface area (Å²) in [4.78, 5) is 2.27. The molecule has 1 fully saturated rings. The molecular formula is C28H24BrF2N3. The first-order chi connectivity index (χ1) is 16.2. The van der Waals surface area contributed by atoms with Crippen molar-refractivity contribution >= 4 is 15.9 Å². The number of alkyl halides is 1. The first-order valence-electron chi connectivity index (χ1n) is 11.1. The minimum absolute atomic E-state index is 0.0404. The van der Waals surface area contributed by atoms with Gasteiger partial charge in [0.25, 0.3) is 0 Å². The molecule has 1 aliphatic heterocycles. The number of nitrogens with zero attached hydrogens (tertiary/aromatic N) is 3. The predicted octanol–water partition coefficient (Wildman–Crippen LogP) is 6.88. The highest BCUT2D eigenvalue weighted by Crippen LogP contribution is 2.45. The van der Waals surface area contributed by atoms with E-state index in [1.54, 1.807) is 18.2 Å². The van der Waals surface area contributed by atoms with E-state index < -0.39 is 17.4 Å². The first-order valence-corrected chi connectivity index (χ1v) is 11.9. The molecule has 1 aliphatic rings. The van der Waals surface area contributed by atoms with Crippen LogP contribution in [0.2, 0.25) is 0 Å². The van der Waals surface area contributed by atoms with Gasteiger partial charge in [-0.25, -0.2) is 8.78 Å². The number of likely N-dealkylation sites (tertiary alicyclic amines) is 1. The first kappa shape index (κ1) is 24.1. The Hall–Kier alpha value is -3.06. The minimum atomic E-state index is -1.59. The Morgan fingerprint density at radius 2 is 1.59 bits per heavy atom. The van der Waals surface area contributed by atoms with Gasteiger partial charge in [0.15, 0.2) is 0 Å². The second-order valence-electron chi connectivity index (χ2n) is 9.33. The van der Waals surface area contributed by atoms with E-state index in [0.717, 1.165) is 15.6 Å². The van der Waals surface area contributed by atoms with Crippen LogP contribution in [0.25, 0.3) is 0 Å². The van der Waals surface area contributed by atoms with Crippen LogP contribution in [0.3, 0.4) is 0 Å². The molecule has 3 nitrogen and oxygen atoms in total. The SMILES string of the molecule is CC(C)(F)[C@@H](c1cc(F)cc(C#N)c1)C1CN(C(c2ccc(C#N)cc2)c2cccc(Br)c2)C1. The van der Waals surface area contributed by atoms with Crippen LogP contribution in [0.4, 0.5) is 8.78 Å². The molecule has 0 aliphatic carbocycles. The molecule has 1 unspecified atom stereocenters. The van der Waals surface area contributed by atoms with Crippen LogP contribution in [0, 0.1) is 34.4 Å². The van der Waals surface area contributed by atoms with Crippen LogP contribution >= 0.6 is 15.9 Å². The third-order valence-corrected chi connectivity index (χ3v) is 6.94. The Kier molecular flexibility index (Phi) is 6.84. The maximum absolute atomic E-state index is 15.4. The second-order valence-corrected chi connectivity index (χ2v) is 10.2. The number of hydrogen-bond donors (Lipinski definition) is 0. The Bertz CT molecular complexity index is 1260. The summed E-state index contributed by atoms with van der Waals surface area (Å²) in [5.41, 5.74) is 1.86. The van der Waals surface area contributed by atoms with Crippen LogP contribution in [0.5, 0.6) is 0 Å². The molecule has 172 valence electrons. The summed E-state index contributed by atoms with van der Waals surface area (Å²) in [5, 5.41) is 18.4. The fraction of sp³-hybridized carbons (Fsp3) is 0.286. The summed E-state index contributed by atoms with van der Waals surface area (Å²) < 4.78 is 30.6. The third kappa shape index (κ3) is 5.04. The molecular weight excluding hydrogens is 496 g/mol. The van der Waals surface area contributed by atoms with Gasteiger partial charge in [-0.2, -0.15) is 10.5 Å². The van der Waals surface area contributed by atoms with E-state index in [-0.39, 0.29) is 17.5 Å². The normalized spacial score (nSPS) is 16.2. The number of benzene rings is 3. The molecule has 3 aromatic rings. The Labute approximate surface area is 207 Å². The van der Waals surface area contributed by atoms with E-state index in [9.17, 15) is 14.9 Å². The molecule has 0 amide bonds. The van der Waals surface area contributed by atoms with Gasteiger partial charge >= 0.3 is 0 Å². The average molecular weight is 520 g/mol. The lowest BCUT2D eigenvalue weighted by Gasteiger charge is -2.50. The van der Waals surface area contributed by atoms with Crippen LogP contribution in [-0.4, -0.2) is 23.7 Å². The molecule has 3 aromatic carbocycles. The standard InChI is InChI=1S/C28H24BrF2N3/c1-28(2,31)26(22-10-19(15-33)11-25(30)13-22)23-16-34(17-23)27(21-4-3-5-24(29)12-21)20-8-6-18(14-32)7-9-20/h3-13,23,26-27H,16-17H2,1-2H3/t26-,27?/m0/s1. The number of halogens is 3. The van der Waals surface area contributed by atoms with Crippen molar-refractivity contribution in [1.82, 2.24) is 4.90 Å². The van der Waals surface area contributed by atoms with Crippen LogP contribution in [0.1, 0.15) is 53.6 Å². The molecule has 4 rings (SSSR count). The Morgan fingerprint density at radius 3 is 2.18 bits per heavy atom. The maximum atomic E-state index is 15.4. The van der Waals surface area contributed by atoms with Gasteiger partial charge in [-0.15, -0.1) is 0 Å². The monoisotopic (exact) mass is 519 g/mol. The lowest BCUT2D eigenvalue weighted by Crippen LogP contribution is -2.53. The van der Waals surface area contributed by atoms with Crippen molar-refractivity contribution in [3.63, 3.8) is 0 Å². The number of nitriles is 2. The van der Waals surface area contributed by atoms with Crippen LogP contribution in [0.15, 0.2) is 71.2 Å². The second kappa shape index (κ2) is 9.66. The molecule has 1 saturated heterocycles. The molecule has 0 radical (unpaired) electrons. The van der Waals surface area contributed by atoms with E-state index in [1.807, 2.05) is 30.3 Å². The summed E-state index contributed by atoms with van der Waals surface area (Å²) in [6, 6.07) is 23.8. The molecule has 0 spiro atoms. The highest BCUT2D eigenvalue weighted by atomic mass is 79.9. The molecule has 2 atom stereocenters. The fourth-order valence-corrected chi connectivity index (χ4v) is 5.50. The highest BCUT2D eigenvalue weighted by Gasteiger charge is 2.45. The van der Waals surface area contributed by atoms with Crippen molar-refractivity contribution in [2.45, 2.75) is 31.5 Å². The van der Waals surface area contributed by atoms with Crippen molar-refractivity contribution in [2.75, 3.05) is 13.1 Å². The maximum Gasteiger partial charge on any atom is 0.124 e. The molecule has 6 heteroatoms. The van der Waals surface area contributed by atoms with Crippen molar-refractivity contribution in [2.24, 2.45) is 5.92 Å². The quantitative estimate of drug-likeness (QED) is 0.356. The summed E-state index contributed by atoms with van der Waals surface area (Å²) in [6.45, 7) is 4.27. The zero-order chi connectivity index (χ0) is 24.5. The van der Waals surface area contributed by atoms with E-state index >= 15 is 4.39 Å². The summed E-state index contributed by atoms with van der Waals surface area (Å²) in [5.74, 6) is -1.11. The summed E-state index contributed by atoms with van der Waals surface area (Å²) in [7, 11) is 0. The summed E-state index contributed by atoms with van der Waals surface area (Å²) >= 11 is 3.55. The van der Waals surface area contributed by atoms with Gasteiger partial charge < -0.3 is 0 Å². The fourth-order valence-electron chi connectivity index (χ4n) is 5.09. The molecule has 0 saturated carbocycles. The van der Waals surface area contributed by atoms with Crippen molar-refractivity contribution < 1.29 is 8.78 Å². The van der Waals surface area contributed by atoms with Crippen molar-refractivity contribution in [3.05, 3.63) is 105 Å². The van der Waals surface area contributed by atoms with Gasteiger partial charge in [-0.3, -0.25) is 4.90 Å². The van der Waals surface area contributed by atoms with E-state index in [4.69, 9.17) is 0 Å². The third-order valence-electron chi connectivity index (χ3n) is 6.44. The lowest BCUT2D eigenvalue weighted by atomic mass is 9.72. The van der Waals surface area contributed by atoms with Crippen LogP contribution < -0.4 is 0 Å². The topological polar surface area (TPSA) is 50.8 Å². The molecule has 0 N–H and O–H groups in total. The molecule has 34 heavy (non-hydrogen) atoms. The highest BCUT2D eigenvalue weighted by molar-refractivity contribution is 9.10. The number of hydrogen-bond acceptors (Lipinski definition) is 3. The zero-order valence-corrected chi connectivity index (χ0v) is 20.6. The molecule has 0 aromatic heterocycles. The Morgan fingerprint density at radius 1 is 0.912 bits per heavy atom. The van der Waals surface area contributed by atoms with Gasteiger partial charge in [0, 0.05) is 23.5 Å². The van der Waals surface area contributed by atoms with Crippen molar-refractivity contribution in [3.8, 4) is 12.1 Å². The van der Waals surface area contributed by atoms with E-state index in [1.165, 1.54) is 26.0 Å². The lowest BCUT2D eigenvalue weighted by molar-refractivity contribution is 0.00811. The molecule has 0 bridgehead atoms. The van der Waals surface area contributed by atoms with Gasteiger partial charge in [-0.1, -0.05) is 40.2 Å². The van der Waals surface area contributed by atoms with E-state index in [2.05, 4.69) is 39.0 Å². The predicted molar refractivity (Wildman–Crippen MR) is 131 cm³/mol. The zero-order valence-electron chi connectivity index (χ0n) is 19.0. The number of rotatable bonds is 6. The van der Waals surface area contributed by atoms with Gasteiger partial charge in [-0.05, 0) is 78.9 Å². The minimum Gasteiger partial charge on any atom is -0.292 e. The molecule has 1 heterocycles. The van der Waals surface area contributed by atoms with Gasteiger partial charge in [0.2, 0.25) is 0 Å².